The van der Waals surface area contributed by atoms with E-state index in [1.807, 2.05) is 44.4 Å². The van der Waals surface area contributed by atoms with Gasteiger partial charge < -0.3 is 10.2 Å². The van der Waals surface area contributed by atoms with Crippen LogP contribution in [-0.4, -0.2) is 58.4 Å². The Morgan fingerprint density at radius 3 is 2.65 bits per heavy atom. The summed E-state index contributed by atoms with van der Waals surface area (Å²) < 4.78 is 0.310. The number of aryl methyl sites for hydroxylation is 1. The fraction of sp³-hybridized carbons (Fsp3) is 0.276. The second-order valence-electron chi connectivity index (χ2n) is 9.16. The minimum Gasteiger partial charge on any atom is -0.326 e. The highest BCUT2D eigenvalue weighted by Crippen LogP contribution is 2.35. The first kappa shape index (κ1) is 25.7. The Bertz CT molecular complexity index is 1410. The maximum Gasteiger partial charge on any atom is 0.298 e. The quantitative estimate of drug-likeness (QED) is 0.463. The number of allylic oxidation sites excluding steroid dienone is 1. The van der Waals surface area contributed by atoms with Crippen LogP contribution in [0.4, 0.5) is 5.82 Å². The summed E-state index contributed by atoms with van der Waals surface area (Å²) in [6.07, 6.45) is 9.16. The van der Waals surface area contributed by atoms with E-state index in [0.29, 0.717) is 15.9 Å². The number of rotatable bonds is 7. The predicted molar refractivity (Wildman–Crippen MR) is 146 cm³/mol. The van der Waals surface area contributed by atoms with Crippen molar-refractivity contribution < 1.29 is 14.1 Å². The molecule has 1 aromatic heterocycles. The van der Waals surface area contributed by atoms with E-state index in [-0.39, 0.29) is 17.9 Å². The molecule has 0 spiro atoms. The summed E-state index contributed by atoms with van der Waals surface area (Å²) in [5, 5.41) is 2.88. The van der Waals surface area contributed by atoms with E-state index in [2.05, 4.69) is 34.1 Å². The molecule has 37 heavy (non-hydrogen) atoms. The van der Waals surface area contributed by atoms with Crippen molar-refractivity contribution in [3.05, 3.63) is 83.1 Å². The van der Waals surface area contributed by atoms with Crippen molar-refractivity contribution in [3.63, 3.8) is 0 Å². The molecule has 3 heterocycles. The molecule has 2 amide bonds. The number of benzene rings is 1. The zero-order valence-corrected chi connectivity index (χ0v) is 21.8. The first-order valence-corrected chi connectivity index (χ1v) is 12.3. The van der Waals surface area contributed by atoms with Crippen molar-refractivity contribution in [1.29, 1.82) is 0 Å². The number of amidine groups is 1. The van der Waals surface area contributed by atoms with Gasteiger partial charge in [-0.3, -0.25) is 14.6 Å². The van der Waals surface area contributed by atoms with Crippen LogP contribution in [0.15, 0.2) is 76.4 Å². The SMILES string of the molecule is CC#CC(=O)N(C)C(C)C1=C2C=NC=C[N+]2(C)C(c2ccc(C(=O)Nc3cc(CCC)ccn3)cc2)=N1. The monoisotopic (exact) mass is 495 g/mol. The van der Waals surface area contributed by atoms with E-state index in [9.17, 15) is 9.59 Å². The Kier molecular flexibility index (Phi) is 7.46. The van der Waals surface area contributed by atoms with Gasteiger partial charge in [-0.2, -0.15) is 4.99 Å². The van der Waals surface area contributed by atoms with E-state index in [4.69, 9.17) is 4.99 Å². The van der Waals surface area contributed by atoms with Crippen molar-refractivity contribution in [2.24, 2.45) is 9.98 Å². The first-order chi connectivity index (χ1) is 17.8. The molecule has 0 saturated heterocycles. The van der Waals surface area contributed by atoms with Gasteiger partial charge in [0.15, 0.2) is 5.70 Å². The number of quaternary nitrogens is 1. The Balaban J connectivity index is 1.59. The molecular weight excluding hydrogens is 464 g/mol. The summed E-state index contributed by atoms with van der Waals surface area (Å²) in [5.41, 5.74) is 4.16. The number of hydrogen-bond donors (Lipinski definition) is 1. The molecule has 2 aliphatic heterocycles. The van der Waals surface area contributed by atoms with Crippen LogP contribution < -0.4 is 5.32 Å². The summed E-state index contributed by atoms with van der Waals surface area (Å²) in [6, 6.07) is 10.9. The zero-order chi connectivity index (χ0) is 26.6. The number of aromatic nitrogens is 1. The van der Waals surface area contributed by atoms with Crippen molar-refractivity contribution >= 4 is 29.7 Å². The molecule has 0 aliphatic carbocycles. The maximum absolute atomic E-state index is 12.9. The number of carbonyl (C=O) groups excluding carboxylic acids is 2. The fourth-order valence-electron chi connectivity index (χ4n) is 4.39. The van der Waals surface area contributed by atoms with Gasteiger partial charge in [0, 0.05) is 18.8 Å². The lowest BCUT2D eigenvalue weighted by Crippen LogP contribution is -2.43. The molecule has 8 heteroatoms. The molecule has 1 N–H and O–H groups in total. The Hall–Kier alpha value is -4.35. The molecule has 2 aromatic rings. The van der Waals surface area contributed by atoms with Gasteiger partial charge in [0.2, 0.25) is 5.84 Å². The van der Waals surface area contributed by atoms with Crippen LogP contribution in [0.25, 0.3) is 0 Å². The van der Waals surface area contributed by atoms with Crippen LogP contribution in [0.3, 0.4) is 0 Å². The summed E-state index contributed by atoms with van der Waals surface area (Å²) in [4.78, 5) is 40.4. The predicted octanol–water partition coefficient (Wildman–Crippen LogP) is 4.13. The number of pyridine rings is 1. The van der Waals surface area contributed by atoms with Gasteiger partial charge in [-0.15, -0.1) is 0 Å². The van der Waals surface area contributed by atoms with Gasteiger partial charge in [0.1, 0.15) is 17.7 Å². The molecule has 0 saturated carbocycles. The molecule has 0 bridgehead atoms. The molecule has 2 aliphatic rings. The van der Waals surface area contributed by atoms with Crippen molar-refractivity contribution in [1.82, 2.24) is 9.88 Å². The second kappa shape index (κ2) is 10.7. The minimum atomic E-state index is -0.308. The summed E-state index contributed by atoms with van der Waals surface area (Å²) in [6.45, 7) is 5.68. The van der Waals surface area contributed by atoms with Gasteiger partial charge in [0.25, 0.3) is 11.8 Å². The molecule has 4 rings (SSSR count). The number of carbonyl (C=O) groups is 2. The lowest BCUT2D eigenvalue weighted by molar-refractivity contribution is -0.713. The average molecular weight is 496 g/mol. The number of aliphatic imine (C=N–C) groups is 2. The van der Waals surface area contributed by atoms with Crippen molar-refractivity contribution in [2.75, 3.05) is 19.4 Å². The second-order valence-corrected chi connectivity index (χ2v) is 9.16. The molecule has 0 radical (unpaired) electrons. The van der Waals surface area contributed by atoms with E-state index in [1.165, 1.54) is 0 Å². The molecule has 188 valence electrons. The van der Waals surface area contributed by atoms with Crippen LogP contribution in [-0.2, 0) is 11.2 Å². The van der Waals surface area contributed by atoms with Crippen LogP contribution in [0.1, 0.15) is 48.7 Å². The Labute approximate surface area is 217 Å². The number of nitrogens with zero attached hydrogens (tertiary/aromatic N) is 5. The third-order valence-corrected chi connectivity index (χ3v) is 6.62. The molecule has 2 atom stereocenters. The average Bonchev–Trinajstić information content (AvgIpc) is 3.21. The molecule has 1 aromatic carbocycles. The van der Waals surface area contributed by atoms with E-state index >= 15 is 0 Å². The number of nitrogens with one attached hydrogen (secondary N) is 1. The van der Waals surface area contributed by atoms with E-state index < -0.39 is 0 Å². The van der Waals surface area contributed by atoms with Crippen molar-refractivity contribution in [2.45, 2.75) is 39.7 Å². The van der Waals surface area contributed by atoms with Crippen LogP contribution >= 0.6 is 0 Å². The van der Waals surface area contributed by atoms with Crippen LogP contribution in [0.2, 0.25) is 0 Å². The maximum atomic E-state index is 12.9. The number of amides is 2. The summed E-state index contributed by atoms with van der Waals surface area (Å²) in [7, 11) is 3.75. The highest BCUT2D eigenvalue weighted by Gasteiger charge is 2.44. The highest BCUT2D eigenvalue weighted by atomic mass is 16.2. The molecule has 8 nitrogen and oxygen atoms in total. The Morgan fingerprint density at radius 2 is 1.95 bits per heavy atom. The number of hydrogen-bond acceptors (Lipinski definition) is 5. The minimum absolute atomic E-state index is 0.225. The largest absolute Gasteiger partial charge is 0.326 e. The lowest BCUT2D eigenvalue weighted by Gasteiger charge is -2.29. The lowest BCUT2D eigenvalue weighted by atomic mass is 10.1. The number of anilines is 1. The van der Waals surface area contributed by atoms with E-state index in [1.54, 1.807) is 49.6 Å². The normalized spacial score (nSPS) is 18.5. The van der Waals surface area contributed by atoms with Gasteiger partial charge in [-0.25, -0.2) is 9.47 Å². The van der Waals surface area contributed by atoms with Gasteiger partial charge in [-0.05, 0) is 68.2 Å². The standard InChI is InChI=1S/C29H30N6O2/c1-6-8-21-14-15-31-25(18-21)32-29(37)23-12-10-22(11-13-23)28-33-27(20(3)34(4)26(36)9-7-2)24-19-30-16-17-35(24,28)5/h10-20H,6,8H2,1-5H3/p+1. The fourth-order valence-corrected chi connectivity index (χ4v) is 4.39. The van der Waals surface area contributed by atoms with Crippen LogP contribution in [0.5, 0.6) is 0 Å². The third-order valence-electron chi connectivity index (χ3n) is 6.62. The van der Waals surface area contributed by atoms with Gasteiger partial charge >= 0.3 is 0 Å². The summed E-state index contributed by atoms with van der Waals surface area (Å²) in [5.74, 6) is 6.07. The molecule has 0 fully saturated rings. The van der Waals surface area contributed by atoms with Gasteiger partial charge in [-0.1, -0.05) is 19.3 Å². The Morgan fingerprint density at radius 1 is 1.19 bits per heavy atom. The number of fused-ring (bicyclic) bond motifs is 1. The molecule has 2 unspecified atom stereocenters. The van der Waals surface area contributed by atoms with E-state index in [0.717, 1.165) is 41.2 Å². The van der Waals surface area contributed by atoms with Crippen LogP contribution in [0, 0.1) is 11.8 Å². The first-order valence-electron chi connectivity index (χ1n) is 12.3. The molecular formula is C29H31N6O2+. The van der Waals surface area contributed by atoms with Crippen molar-refractivity contribution in [3.8, 4) is 11.8 Å². The number of likely N-dealkylation sites (N-methyl/N-ethyl adjacent to an activating group) is 1. The third kappa shape index (κ3) is 5.13. The smallest absolute Gasteiger partial charge is 0.298 e. The summed E-state index contributed by atoms with van der Waals surface area (Å²) >= 11 is 0. The highest BCUT2D eigenvalue weighted by molar-refractivity contribution is 6.05. The zero-order valence-electron chi connectivity index (χ0n) is 21.8. The van der Waals surface area contributed by atoms with Gasteiger partial charge in [0.05, 0.1) is 31.1 Å². The topological polar surface area (TPSA) is 87.0 Å².